The second kappa shape index (κ2) is 9.29. The highest BCUT2D eigenvalue weighted by atomic mass is 32.2. The number of anilines is 1. The highest BCUT2D eigenvalue weighted by molar-refractivity contribution is 7.89. The molecule has 7 nitrogen and oxygen atoms in total. The zero-order valence-electron chi connectivity index (χ0n) is 14.7. The van der Waals surface area contributed by atoms with Crippen molar-refractivity contribution in [2.24, 2.45) is 5.92 Å². The molecule has 2 heterocycles. The molecule has 0 atom stereocenters. The zero-order chi connectivity index (χ0) is 17.4. The van der Waals surface area contributed by atoms with Gasteiger partial charge < -0.3 is 4.90 Å². The van der Waals surface area contributed by atoms with Crippen LogP contribution in [0.1, 0.15) is 26.7 Å². The standard InChI is InChI=1S/C16H29N5O2S/c1-15(2)5-14-24(22,23)19-8-4-9-20-10-12-21(13-11-20)16-17-6-3-7-18-16/h3,6-7,15,19H,4-5,8-14H2,1-2H3. The molecule has 0 aliphatic carbocycles. The molecule has 8 heteroatoms. The van der Waals surface area contributed by atoms with E-state index in [-0.39, 0.29) is 5.75 Å². The van der Waals surface area contributed by atoms with Crippen molar-refractivity contribution in [1.29, 1.82) is 0 Å². The number of aromatic nitrogens is 2. The third kappa shape index (κ3) is 6.70. The summed E-state index contributed by atoms with van der Waals surface area (Å²) in [5.41, 5.74) is 0. The molecule has 0 aromatic carbocycles. The number of sulfonamides is 1. The first-order valence-electron chi connectivity index (χ1n) is 8.68. The van der Waals surface area contributed by atoms with Gasteiger partial charge in [0.2, 0.25) is 16.0 Å². The van der Waals surface area contributed by atoms with Crippen molar-refractivity contribution in [2.75, 3.05) is 49.9 Å². The van der Waals surface area contributed by atoms with Crippen molar-refractivity contribution >= 4 is 16.0 Å². The molecule has 0 unspecified atom stereocenters. The molecular formula is C16H29N5O2S. The molecule has 1 saturated heterocycles. The molecule has 0 bridgehead atoms. The number of piperazine rings is 1. The largest absolute Gasteiger partial charge is 0.338 e. The molecule has 1 aliphatic rings. The molecule has 0 radical (unpaired) electrons. The van der Waals surface area contributed by atoms with Crippen LogP contribution in [-0.2, 0) is 10.0 Å². The molecule has 0 spiro atoms. The van der Waals surface area contributed by atoms with Crippen molar-refractivity contribution in [3.8, 4) is 0 Å². The summed E-state index contributed by atoms with van der Waals surface area (Å²) < 4.78 is 26.4. The molecular weight excluding hydrogens is 326 g/mol. The molecule has 24 heavy (non-hydrogen) atoms. The number of nitrogens with zero attached hydrogens (tertiary/aromatic N) is 4. The summed E-state index contributed by atoms with van der Waals surface area (Å²) >= 11 is 0. The second-order valence-corrected chi connectivity index (χ2v) is 8.55. The first-order valence-corrected chi connectivity index (χ1v) is 10.3. The highest BCUT2D eigenvalue weighted by Gasteiger charge is 2.18. The monoisotopic (exact) mass is 355 g/mol. The van der Waals surface area contributed by atoms with Gasteiger partial charge in [-0.3, -0.25) is 4.90 Å². The molecule has 1 N–H and O–H groups in total. The third-order valence-corrected chi connectivity index (χ3v) is 5.56. The minimum atomic E-state index is -3.12. The molecule has 0 amide bonds. The Bertz CT molecular complexity index is 571. The Kier molecular flexibility index (Phi) is 7.39. The van der Waals surface area contributed by atoms with Gasteiger partial charge in [-0.2, -0.15) is 0 Å². The van der Waals surface area contributed by atoms with Crippen molar-refractivity contribution in [1.82, 2.24) is 19.6 Å². The Hall–Kier alpha value is -1.25. The third-order valence-electron chi connectivity index (χ3n) is 4.14. The molecule has 1 aromatic heterocycles. The Morgan fingerprint density at radius 1 is 1.17 bits per heavy atom. The molecule has 1 aromatic rings. The van der Waals surface area contributed by atoms with Gasteiger partial charge in [0.05, 0.1) is 5.75 Å². The molecule has 0 saturated carbocycles. The molecule has 1 aliphatic heterocycles. The predicted octanol–water partition coefficient (Wildman–Crippen LogP) is 0.954. The van der Waals surface area contributed by atoms with Crippen LogP contribution in [0.25, 0.3) is 0 Å². The summed E-state index contributed by atoms with van der Waals surface area (Å²) in [4.78, 5) is 13.1. The van der Waals surface area contributed by atoms with Crippen molar-refractivity contribution < 1.29 is 8.42 Å². The van der Waals surface area contributed by atoms with Gasteiger partial charge in [-0.05, 0) is 31.4 Å². The van der Waals surface area contributed by atoms with Gasteiger partial charge >= 0.3 is 0 Å². The van der Waals surface area contributed by atoms with E-state index in [0.29, 0.717) is 18.9 Å². The van der Waals surface area contributed by atoms with E-state index in [1.165, 1.54) is 0 Å². The number of hydrogen-bond donors (Lipinski definition) is 1. The van der Waals surface area contributed by atoms with Crippen LogP contribution in [0.4, 0.5) is 5.95 Å². The van der Waals surface area contributed by atoms with Gasteiger partial charge in [-0.15, -0.1) is 0 Å². The van der Waals surface area contributed by atoms with E-state index < -0.39 is 10.0 Å². The van der Waals surface area contributed by atoms with Crippen molar-refractivity contribution in [3.63, 3.8) is 0 Å². The van der Waals surface area contributed by atoms with Crippen LogP contribution in [0.5, 0.6) is 0 Å². The first kappa shape index (κ1) is 19.1. The smallest absolute Gasteiger partial charge is 0.225 e. The SMILES string of the molecule is CC(C)CCS(=O)(=O)NCCCN1CCN(c2ncccn2)CC1. The van der Waals surface area contributed by atoms with Crippen LogP contribution in [-0.4, -0.2) is 68.3 Å². The lowest BCUT2D eigenvalue weighted by molar-refractivity contribution is 0.254. The quantitative estimate of drug-likeness (QED) is 0.665. The van der Waals surface area contributed by atoms with Gasteiger partial charge in [0, 0.05) is 45.1 Å². The van der Waals surface area contributed by atoms with Gasteiger partial charge in [0.1, 0.15) is 0 Å². The Morgan fingerprint density at radius 2 is 1.83 bits per heavy atom. The summed E-state index contributed by atoms with van der Waals surface area (Å²) in [6.45, 7) is 9.23. The highest BCUT2D eigenvalue weighted by Crippen LogP contribution is 2.09. The zero-order valence-corrected chi connectivity index (χ0v) is 15.5. The fourth-order valence-corrected chi connectivity index (χ4v) is 4.00. The summed E-state index contributed by atoms with van der Waals surface area (Å²) in [5, 5.41) is 0. The van der Waals surface area contributed by atoms with E-state index >= 15 is 0 Å². The average molecular weight is 356 g/mol. The van der Waals surface area contributed by atoms with Crippen LogP contribution in [0, 0.1) is 5.92 Å². The van der Waals surface area contributed by atoms with Crippen LogP contribution < -0.4 is 9.62 Å². The average Bonchev–Trinajstić information content (AvgIpc) is 2.58. The lowest BCUT2D eigenvalue weighted by atomic mass is 10.2. The maximum atomic E-state index is 11.8. The lowest BCUT2D eigenvalue weighted by Gasteiger charge is -2.34. The number of rotatable bonds is 9. The number of hydrogen-bond acceptors (Lipinski definition) is 6. The summed E-state index contributed by atoms with van der Waals surface area (Å²) in [6.07, 6.45) is 5.07. The fraction of sp³-hybridized carbons (Fsp3) is 0.750. The summed E-state index contributed by atoms with van der Waals surface area (Å²) in [7, 11) is -3.12. The second-order valence-electron chi connectivity index (χ2n) is 6.63. The van der Waals surface area contributed by atoms with E-state index in [2.05, 4.69) is 24.5 Å². The summed E-state index contributed by atoms with van der Waals surface area (Å²) in [6, 6.07) is 1.82. The minimum absolute atomic E-state index is 0.223. The Labute approximate surface area is 145 Å². The van der Waals surface area contributed by atoms with Crippen LogP contribution in [0.3, 0.4) is 0 Å². The van der Waals surface area contributed by atoms with Crippen LogP contribution in [0.15, 0.2) is 18.5 Å². The molecule has 2 rings (SSSR count). The molecule has 1 fully saturated rings. The van der Waals surface area contributed by atoms with Crippen molar-refractivity contribution in [2.45, 2.75) is 26.7 Å². The van der Waals surface area contributed by atoms with E-state index in [1.807, 2.05) is 19.9 Å². The summed E-state index contributed by atoms with van der Waals surface area (Å²) in [5.74, 6) is 1.42. The maximum Gasteiger partial charge on any atom is 0.225 e. The van der Waals surface area contributed by atoms with E-state index in [9.17, 15) is 8.42 Å². The number of nitrogens with one attached hydrogen (secondary N) is 1. The predicted molar refractivity (Wildman–Crippen MR) is 96.5 cm³/mol. The van der Waals surface area contributed by atoms with Crippen LogP contribution >= 0.6 is 0 Å². The molecule has 136 valence electrons. The van der Waals surface area contributed by atoms with Gasteiger partial charge in [0.15, 0.2) is 0 Å². The fourth-order valence-electron chi connectivity index (χ4n) is 2.62. The lowest BCUT2D eigenvalue weighted by Crippen LogP contribution is -2.47. The van der Waals surface area contributed by atoms with Gasteiger partial charge in [-0.1, -0.05) is 13.8 Å². The Morgan fingerprint density at radius 3 is 2.46 bits per heavy atom. The van der Waals surface area contributed by atoms with Crippen molar-refractivity contribution in [3.05, 3.63) is 18.5 Å². The van der Waals surface area contributed by atoms with E-state index in [1.54, 1.807) is 12.4 Å². The minimum Gasteiger partial charge on any atom is -0.338 e. The first-order chi connectivity index (χ1) is 11.5. The van der Waals surface area contributed by atoms with Gasteiger partial charge in [0.25, 0.3) is 0 Å². The maximum absolute atomic E-state index is 11.8. The topological polar surface area (TPSA) is 78.4 Å². The van der Waals surface area contributed by atoms with Gasteiger partial charge in [-0.25, -0.2) is 23.1 Å². The van der Waals surface area contributed by atoms with E-state index in [4.69, 9.17) is 0 Å². The van der Waals surface area contributed by atoms with E-state index in [0.717, 1.165) is 45.1 Å². The Balaban J connectivity index is 1.61. The normalized spacial score (nSPS) is 16.7. The van der Waals surface area contributed by atoms with Crippen LogP contribution in [0.2, 0.25) is 0 Å².